The van der Waals surface area contributed by atoms with Crippen molar-refractivity contribution in [3.05, 3.63) is 103 Å². The summed E-state index contributed by atoms with van der Waals surface area (Å²) in [5, 5.41) is 6.90. The zero-order chi connectivity index (χ0) is 21.7. The lowest BCUT2D eigenvalue weighted by atomic mass is 10.1. The molecule has 10 heteroatoms. The smallest absolute Gasteiger partial charge is 0.287 e. The summed E-state index contributed by atoms with van der Waals surface area (Å²) in [6.07, 6.45) is 0. The van der Waals surface area contributed by atoms with Gasteiger partial charge in [-0.05, 0) is 49.7 Å². The van der Waals surface area contributed by atoms with Gasteiger partial charge in [0.05, 0.1) is 10.6 Å². The second-order valence-corrected chi connectivity index (χ2v) is 7.90. The number of nitrogens with zero attached hydrogens (tertiary/aromatic N) is 2. The highest BCUT2D eigenvalue weighted by molar-refractivity contribution is 7.86. The van der Waals surface area contributed by atoms with Crippen LogP contribution in [0, 0.1) is 13.8 Å². The molecule has 0 spiro atoms. The molecule has 0 fully saturated rings. The number of aryl methyl sites for hydroxylation is 2. The predicted octanol–water partition coefficient (Wildman–Crippen LogP) is 0.553. The van der Waals surface area contributed by atoms with E-state index in [4.69, 9.17) is 0 Å². The van der Waals surface area contributed by atoms with Crippen molar-refractivity contribution in [3.63, 3.8) is 0 Å². The Morgan fingerprint density at radius 1 is 0.900 bits per heavy atom. The third-order valence-electron chi connectivity index (χ3n) is 4.09. The number of benzene rings is 3. The Labute approximate surface area is 171 Å². The molecule has 0 atom stereocenters. The van der Waals surface area contributed by atoms with Crippen molar-refractivity contribution < 1.29 is 12.7 Å². The van der Waals surface area contributed by atoms with Crippen LogP contribution in [0.5, 0.6) is 0 Å². The SMILES string of the molecule is Cc1ccc(NN=c2c(=O)ccc(=NNOS(=O)(=O)c3ccccc3)c2=O)c(C)c1. The molecule has 0 unspecified atom stereocenters. The molecule has 9 nitrogen and oxygen atoms in total. The number of hydrogen-bond acceptors (Lipinski definition) is 9. The maximum absolute atomic E-state index is 12.5. The van der Waals surface area contributed by atoms with E-state index in [0.29, 0.717) is 5.69 Å². The van der Waals surface area contributed by atoms with Crippen LogP contribution < -0.4 is 32.6 Å². The summed E-state index contributed by atoms with van der Waals surface area (Å²) >= 11 is 0. The maximum Gasteiger partial charge on any atom is 0.318 e. The van der Waals surface area contributed by atoms with E-state index in [0.717, 1.165) is 23.3 Å². The van der Waals surface area contributed by atoms with Gasteiger partial charge < -0.3 is 0 Å². The molecular weight excluding hydrogens is 408 g/mol. The summed E-state index contributed by atoms with van der Waals surface area (Å²) in [6.45, 7) is 3.80. The lowest BCUT2D eigenvalue weighted by Gasteiger charge is -2.05. The normalized spacial score (nSPS) is 12.7. The van der Waals surface area contributed by atoms with E-state index in [-0.39, 0.29) is 15.6 Å². The van der Waals surface area contributed by atoms with Gasteiger partial charge in [0.1, 0.15) is 5.36 Å². The van der Waals surface area contributed by atoms with Gasteiger partial charge in [0.25, 0.3) is 0 Å². The van der Waals surface area contributed by atoms with Crippen LogP contribution in [0.4, 0.5) is 5.69 Å². The zero-order valence-corrected chi connectivity index (χ0v) is 16.9. The van der Waals surface area contributed by atoms with Crippen LogP contribution in [-0.4, -0.2) is 8.42 Å². The monoisotopic (exact) mass is 426 g/mol. The largest absolute Gasteiger partial charge is 0.318 e. The fourth-order valence-corrected chi connectivity index (χ4v) is 3.27. The lowest BCUT2D eigenvalue weighted by Crippen LogP contribution is -2.48. The van der Waals surface area contributed by atoms with Crippen molar-refractivity contribution in [3.8, 4) is 0 Å². The van der Waals surface area contributed by atoms with E-state index in [9.17, 15) is 18.0 Å². The third kappa shape index (κ3) is 4.85. The Balaban J connectivity index is 1.87. The topological polar surface area (TPSA) is 126 Å². The predicted molar refractivity (Wildman–Crippen MR) is 110 cm³/mol. The molecule has 0 aliphatic rings. The fourth-order valence-electron chi connectivity index (χ4n) is 2.54. The Morgan fingerprint density at radius 2 is 1.63 bits per heavy atom. The molecule has 0 aliphatic carbocycles. The minimum absolute atomic E-state index is 0.0849. The van der Waals surface area contributed by atoms with Crippen molar-refractivity contribution in [1.29, 1.82) is 0 Å². The molecule has 3 aromatic carbocycles. The first-order valence-corrected chi connectivity index (χ1v) is 10.2. The summed E-state index contributed by atoms with van der Waals surface area (Å²) < 4.78 is 28.7. The fraction of sp³-hybridized carbons (Fsp3) is 0.100. The molecule has 0 amide bonds. The molecule has 2 N–H and O–H groups in total. The van der Waals surface area contributed by atoms with Crippen LogP contribution >= 0.6 is 0 Å². The lowest BCUT2D eigenvalue weighted by molar-refractivity contribution is 0.204. The van der Waals surface area contributed by atoms with Gasteiger partial charge in [0.2, 0.25) is 10.9 Å². The highest BCUT2D eigenvalue weighted by Crippen LogP contribution is 2.15. The van der Waals surface area contributed by atoms with Crippen molar-refractivity contribution in [1.82, 2.24) is 5.59 Å². The standard InChI is InChI=1S/C20H18N4O5S/c1-13-8-9-16(14(2)12-13)21-23-19-18(25)11-10-17(20(19)26)22-24-29-30(27,28)15-6-4-3-5-7-15/h3-12,21,24H,1-2H3. The van der Waals surface area contributed by atoms with Gasteiger partial charge in [0, 0.05) is 0 Å². The zero-order valence-electron chi connectivity index (χ0n) is 16.1. The first-order valence-electron chi connectivity index (χ1n) is 8.77. The van der Waals surface area contributed by atoms with Crippen LogP contribution in [-0.2, 0) is 14.4 Å². The molecule has 0 heterocycles. The van der Waals surface area contributed by atoms with Gasteiger partial charge in [-0.1, -0.05) is 35.9 Å². The Bertz CT molecular complexity index is 1390. The average molecular weight is 426 g/mol. The Morgan fingerprint density at radius 3 is 2.33 bits per heavy atom. The minimum Gasteiger partial charge on any atom is -0.287 e. The molecular formula is C20H18N4O5S. The van der Waals surface area contributed by atoms with E-state index >= 15 is 0 Å². The van der Waals surface area contributed by atoms with Gasteiger partial charge >= 0.3 is 10.1 Å². The summed E-state index contributed by atoms with van der Waals surface area (Å²) in [4.78, 5) is 24.5. The summed E-state index contributed by atoms with van der Waals surface area (Å²) in [5.74, 6) is 0. The summed E-state index contributed by atoms with van der Waals surface area (Å²) in [6, 6.07) is 15.2. The first kappa shape index (κ1) is 21.1. The first-order chi connectivity index (χ1) is 14.3. The van der Waals surface area contributed by atoms with Gasteiger partial charge in [-0.25, -0.2) is 0 Å². The quantitative estimate of drug-likeness (QED) is 0.551. The molecule has 3 aromatic rings. The van der Waals surface area contributed by atoms with Gasteiger partial charge in [-0.3, -0.25) is 15.0 Å². The Hall–Kier alpha value is -3.63. The van der Waals surface area contributed by atoms with Crippen molar-refractivity contribution >= 4 is 15.8 Å². The highest BCUT2D eigenvalue weighted by atomic mass is 32.2. The van der Waals surface area contributed by atoms with Gasteiger partial charge in [-0.2, -0.15) is 19.1 Å². The molecule has 0 radical (unpaired) electrons. The molecule has 154 valence electrons. The minimum atomic E-state index is -4.12. The molecule has 0 bridgehead atoms. The summed E-state index contributed by atoms with van der Waals surface area (Å²) in [7, 11) is -4.12. The van der Waals surface area contributed by atoms with Gasteiger partial charge in [-0.15, -0.1) is 9.39 Å². The number of anilines is 1. The van der Waals surface area contributed by atoms with E-state index in [2.05, 4.69) is 19.9 Å². The van der Waals surface area contributed by atoms with E-state index in [1.165, 1.54) is 24.3 Å². The molecule has 30 heavy (non-hydrogen) atoms. The molecule has 0 aliphatic heterocycles. The van der Waals surface area contributed by atoms with Crippen LogP contribution in [0.25, 0.3) is 0 Å². The van der Waals surface area contributed by atoms with E-state index in [1.807, 2.05) is 31.6 Å². The van der Waals surface area contributed by atoms with Crippen LogP contribution in [0.2, 0.25) is 0 Å². The van der Waals surface area contributed by atoms with E-state index in [1.54, 1.807) is 12.1 Å². The van der Waals surface area contributed by atoms with Gasteiger partial charge in [0.15, 0.2) is 5.36 Å². The van der Waals surface area contributed by atoms with Crippen molar-refractivity contribution in [2.45, 2.75) is 18.7 Å². The van der Waals surface area contributed by atoms with Crippen LogP contribution in [0.3, 0.4) is 0 Å². The number of rotatable bonds is 6. The average Bonchev–Trinajstić information content (AvgIpc) is 2.71. The third-order valence-corrected chi connectivity index (χ3v) is 5.23. The van der Waals surface area contributed by atoms with E-state index < -0.39 is 21.0 Å². The number of hydrogen-bond donors (Lipinski definition) is 2. The van der Waals surface area contributed by atoms with Crippen molar-refractivity contribution in [2.24, 2.45) is 10.2 Å². The highest BCUT2D eigenvalue weighted by Gasteiger charge is 2.14. The molecule has 0 saturated heterocycles. The van der Waals surface area contributed by atoms with Crippen molar-refractivity contribution in [2.75, 3.05) is 5.43 Å². The number of nitrogens with one attached hydrogen (secondary N) is 2. The molecule has 0 saturated carbocycles. The molecule has 0 aromatic heterocycles. The summed E-state index contributed by atoms with van der Waals surface area (Å²) in [5.41, 5.74) is 5.79. The Kier molecular flexibility index (Phi) is 6.19. The molecule has 3 rings (SSSR count). The van der Waals surface area contributed by atoms with Crippen LogP contribution in [0.1, 0.15) is 11.1 Å². The second-order valence-electron chi connectivity index (χ2n) is 6.36. The maximum atomic E-state index is 12.5. The van der Waals surface area contributed by atoms with Crippen LogP contribution in [0.15, 0.2) is 85.4 Å². The second kappa shape index (κ2) is 8.80.